The summed E-state index contributed by atoms with van der Waals surface area (Å²) >= 11 is 0. The molecule has 1 aromatic carbocycles. The highest BCUT2D eigenvalue weighted by atomic mass is 19.4. The van der Waals surface area contributed by atoms with Gasteiger partial charge in [0.1, 0.15) is 0 Å². The number of likely N-dealkylation sites (tertiary alicyclic amines) is 2. The van der Waals surface area contributed by atoms with Crippen LogP contribution in [0, 0.1) is 25.7 Å². The average molecular weight is 537 g/mol. The number of alkyl halides is 3. The van der Waals surface area contributed by atoms with Gasteiger partial charge in [0.25, 0.3) is 5.91 Å². The van der Waals surface area contributed by atoms with E-state index in [9.17, 15) is 23.2 Å². The molecule has 4 rings (SSSR count). The van der Waals surface area contributed by atoms with Crippen LogP contribution in [0.4, 0.5) is 13.2 Å². The van der Waals surface area contributed by atoms with Crippen LogP contribution in [0.5, 0.6) is 0 Å². The van der Waals surface area contributed by atoms with Gasteiger partial charge in [0.05, 0.1) is 29.1 Å². The largest absolute Gasteiger partial charge is 0.416 e. The molecule has 1 N–H and O–H groups in total. The number of benzene rings is 1. The van der Waals surface area contributed by atoms with Crippen molar-refractivity contribution in [3.8, 4) is 0 Å². The fraction of sp³-hybridized carbons (Fsp3) is 0.643. The molecule has 210 valence electrons. The number of ether oxygens (including phenoxy) is 1. The number of aromatic nitrogens is 2. The van der Waals surface area contributed by atoms with Crippen LogP contribution in [-0.4, -0.2) is 76.3 Å². The van der Waals surface area contributed by atoms with E-state index in [0.29, 0.717) is 48.5 Å². The zero-order valence-electron chi connectivity index (χ0n) is 22.9. The van der Waals surface area contributed by atoms with E-state index in [4.69, 9.17) is 4.74 Å². The monoisotopic (exact) mass is 536 g/mol. The molecule has 0 aliphatic carbocycles. The van der Waals surface area contributed by atoms with Gasteiger partial charge >= 0.3 is 6.18 Å². The Kier molecular flexibility index (Phi) is 8.14. The van der Waals surface area contributed by atoms with Gasteiger partial charge in [-0.05, 0) is 76.1 Å². The third-order valence-electron chi connectivity index (χ3n) is 8.87. The van der Waals surface area contributed by atoms with E-state index in [-0.39, 0.29) is 17.4 Å². The van der Waals surface area contributed by atoms with Crippen LogP contribution in [0.2, 0.25) is 0 Å². The highest BCUT2D eigenvalue weighted by Gasteiger charge is 2.42. The first-order chi connectivity index (χ1) is 17.9. The zero-order chi connectivity index (χ0) is 27.8. The quantitative estimate of drug-likeness (QED) is 0.518. The number of hydrogen-bond acceptors (Lipinski definition) is 5. The van der Waals surface area contributed by atoms with Crippen molar-refractivity contribution in [2.45, 2.75) is 64.6 Å². The number of aryl methyl sites for hydroxylation is 1. The summed E-state index contributed by atoms with van der Waals surface area (Å²) in [5.74, 6) is 0.580. The molecular formula is C28H39F3N4O3. The smallest absolute Gasteiger partial charge is 0.411 e. The lowest BCUT2D eigenvalue weighted by Gasteiger charge is -2.51. The molecule has 0 spiro atoms. The van der Waals surface area contributed by atoms with Crippen LogP contribution in [0.25, 0.3) is 0 Å². The van der Waals surface area contributed by atoms with Gasteiger partial charge in [-0.3, -0.25) is 9.69 Å². The second kappa shape index (κ2) is 10.9. The van der Waals surface area contributed by atoms with Gasteiger partial charge in [0.2, 0.25) is 0 Å². The maximum Gasteiger partial charge on any atom is 0.416 e. The van der Waals surface area contributed by atoms with E-state index in [1.807, 2.05) is 4.90 Å². The third kappa shape index (κ3) is 5.57. The maximum atomic E-state index is 13.2. The predicted octanol–water partition coefficient (Wildman–Crippen LogP) is 5.14. The molecule has 1 unspecified atom stereocenters. The minimum absolute atomic E-state index is 0.0330. The van der Waals surface area contributed by atoms with E-state index < -0.39 is 11.7 Å². The number of carbonyl (C=O) groups is 1. The van der Waals surface area contributed by atoms with E-state index in [0.717, 1.165) is 42.8 Å². The van der Waals surface area contributed by atoms with Gasteiger partial charge in [0.15, 0.2) is 0 Å². The van der Waals surface area contributed by atoms with E-state index in [1.165, 1.54) is 12.1 Å². The lowest BCUT2D eigenvalue weighted by atomic mass is 9.73. The van der Waals surface area contributed by atoms with Crippen LogP contribution >= 0.6 is 0 Å². The lowest BCUT2D eigenvalue weighted by molar-refractivity contribution is -0.137. The highest BCUT2D eigenvalue weighted by Crippen LogP contribution is 2.41. The number of carbonyl (C=O) groups excluding carboxylic acids is 1. The Balaban J connectivity index is 1.40. The molecule has 10 heteroatoms. The van der Waals surface area contributed by atoms with Crippen LogP contribution in [0.1, 0.15) is 71.9 Å². The molecule has 0 radical (unpaired) electrons. The topological polar surface area (TPSA) is 70.8 Å². The Morgan fingerprint density at radius 2 is 1.82 bits per heavy atom. The van der Waals surface area contributed by atoms with Crippen molar-refractivity contribution in [1.29, 1.82) is 0 Å². The molecule has 2 aliphatic rings. The Morgan fingerprint density at radius 3 is 2.32 bits per heavy atom. The molecule has 2 saturated heterocycles. The number of nitrogens with zero attached hydrogens (tertiary/aromatic N) is 4. The Hall–Kier alpha value is -2.59. The van der Waals surface area contributed by atoms with Crippen molar-refractivity contribution in [3.05, 3.63) is 52.3 Å². The maximum absolute atomic E-state index is 13.2. The van der Waals surface area contributed by atoms with E-state index in [1.54, 1.807) is 33.1 Å². The first-order valence-corrected chi connectivity index (χ1v) is 13.3. The fourth-order valence-electron chi connectivity index (χ4n) is 6.42. The van der Waals surface area contributed by atoms with Crippen molar-refractivity contribution in [1.82, 2.24) is 19.7 Å². The number of hydrogen-bond donors (Lipinski definition) is 1. The summed E-state index contributed by atoms with van der Waals surface area (Å²) in [6.07, 6.45) is -1.71. The summed E-state index contributed by atoms with van der Waals surface area (Å²) in [6.45, 7) is 11.5. The molecule has 1 amide bonds. The summed E-state index contributed by atoms with van der Waals surface area (Å²) in [7, 11) is 1.64. The summed E-state index contributed by atoms with van der Waals surface area (Å²) in [5.41, 5.74) is 1.67. The van der Waals surface area contributed by atoms with Crippen molar-refractivity contribution in [2.24, 2.45) is 11.8 Å². The van der Waals surface area contributed by atoms with Crippen molar-refractivity contribution < 1.29 is 27.9 Å². The normalized spacial score (nSPS) is 23.4. The summed E-state index contributed by atoms with van der Waals surface area (Å²) in [4.78, 5) is 18.3. The summed E-state index contributed by atoms with van der Waals surface area (Å²) < 4.78 is 44.7. The predicted molar refractivity (Wildman–Crippen MR) is 137 cm³/mol. The van der Waals surface area contributed by atoms with Crippen molar-refractivity contribution in [3.63, 3.8) is 0 Å². The molecule has 1 aromatic heterocycles. The van der Waals surface area contributed by atoms with Crippen molar-refractivity contribution in [2.75, 3.05) is 39.9 Å². The lowest BCUT2D eigenvalue weighted by Crippen LogP contribution is -2.58. The van der Waals surface area contributed by atoms with Crippen molar-refractivity contribution >= 4 is 5.91 Å². The average Bonchev–Trinajstić information content (AvgIpc) is 3.13. The molecule has 3 heterocycles. The second-order valence-corrected chi connectivity index (χ2v) is 11.3. The van der Waals surface area contributed by atoms with Crippen LogP contribution in [0.15, 0.2) is 24.3 Å². The summed E-state index contributed by atoms with van der Waals surface area (Å²) in [6, 6.07) is 5.54. The molecule has 2 aliphatic heterocycles. The van der Waals surface area contributed by atoms with Crippen LogP contribution < -0.4 is 0 Å². The molecule has 38 heavy (non-hydrogen) atoms. The number of rotatable bonds is 6. The van der Waals surface area contributed by atoms with Gasteiger partial charge in [-0.25, -0.2) is 0 Å². The first-order valence-electron chi connectivity index (χ1n) is 13.3. The zero-order valence-corrected chi connectivity index (χ0v) is 22.9. The Morgan fingerprint density at radius 1 is 1.18 bits per heavy atom. The molecule has 0 bridgehead atoms. The number of halogens is 3. The fourth-order valence-corrected chi connectivity index (χ4v) is 6.42. The van der Waals surface area contributed by atoms with Gasteiger partial charge in [0, 0.05) is 38.2 Å². The third-order valence-corrected chi connectivity index (χ3v) is 8.87. The van der Waals surface area contributed by atoms with E-state index >= 15 is 0 Å². The number of amides is 1. The SMILES string of the molecule is COC[C@@H](c1ccc(C(F)(F)F)cc1)C1CCN(C2(C)CCN(C(=O)c3c(C)nn(O)c3C)CC2)C[C@@H]1C. The van der Waals surface area contributed by atoms with E-state index in [2.05, 4.69) is 23.8 Å². The Bertz CT molecular complexity index is 1120. The molecule has 7 nitrogen and oxygen atoms in total. The molecule has 2 fully saturated rings. The molecule has 3 atom stereocenters. The highest BCUT2D eigenvalue weighted by molar-refractivity contribution is 5.96. The minimum Gasteiger partial charge on any atom is -0.411 e. The Labute approximate surface area is 222 Å². The minimum atomic E-state index is -4.35. The summed E-state index contributed by atoms with van der Waals surface area (Å²) in [5, 5.41) is 13.8. The first kappa shape index (κ1) is 28.4. The van der Waals surface area contributed by atoms with Gasteiger partial charge < -0.3 is 14.8 Å². The number of methoxy groups -OCH3 is 1. The molecule has 2 aromatic rings. The van der Waals surface area contributed by atoms with Gasteiger partial charge in [-0.2, -0.15) is 13.2 Å². The molecular weight excluding hydrogens is 497 g/mol. The molecule has 0 saturated carbocycles. The number of piperidine rings is 2. The second-order valence-electron chi connectivity index (χ2n) is 11.3. The van der Waals surface area contributed by atoms with Crippen LogP contribution in [-0.2, 0) is 10.9 Å². The van der Waals surface area contributed by atoms with Gasteiger partial charge in [-0.1, -0.05) is 19.1 Å². The van der Waals surface area contributed by atoms with Gasteiger partial charge in [-0.15, -0.1) is 9.94 Å². The van der Waals surface area contributed by atoms with Crippen LogP contribution in [0.3, 0.4) is 0 Å². The standard InChI is InChI=1S/C28H39F3N4O3/c1-18-16-34(13-10-23(18)24(17-38-5)21-6-8-22(9-7-21)28(29,30)31)27(4)11-14-33(15-12-27)26(36)25-19(2)32-35(37)20(25)3/h6-9,18,23-24,37H,10-17H2,1-5H3/t18-,23?,24-/m0/s1.